The van der Waals surface area contributed by atoms with Gasteiger partial charge in [-0.05, 0) is 46.6 Å². The van der Waals surface area contributed by atoms with E-state index in [1.54, 1.807) is 12.4 Å². The number of oxazole rings is 1. The van der Waals surface area contributed by atoms with E-state index in [-0.39, 0.29) is 12.0 Å². The Labute approximate surface area is 135 Å². The molecule has 3 aromatic rings. The molecule has 1 aromatic carbocycles. The lowest BCUT2D eigenvalue weighted by atomic mass is 10.1. The number of nitrogens with one attached hydrogen (secondary N) is 2. The smallest absolute Gasteiger partial charge is 0.322 e. The molecule has 2 aromatic heterocycles. The van der Waals surface area contributed by atoms with E-state index >= 15 is 0 Å². The fraction of sp³-hybridized carbons (Fsp3) is 0.133. The minimum atomic E-state index is -0.349. The quantitative estimate of drug-likeness (QED) is 0.744. The number of rotatable bonds is 3. The van der Waals surface area contributed by atoms with Crippen LogP contribution in [-0.4, -0.2) is 22.5 Å². The van der Waals surface area contributed by atoms with Crippen LogP contribution in [0, 0.1) is 0 Å². The van der Waals surface area contributed by atoms with Gasteiger partial charge in [-0.25, -0.2) is 4.79 Å². The van der Waals surface area contributed by atoms with Crippen molar-refractivity contribution in [3.8, 4) is 11.1 Å². The van der Waals surface area contributed by atoms with Crippen LogP contribution in [0.2, 0.25) is 0 Å². The first-order valence-corrected chi connectivity index (χ1v) is 7.52. The fourth-order valence-electron chi connectivity index (χ4n) is 2.05. The molecule has 0 unspecified atom stereocenters. The molecule has 0 bridgehead atoms. The van der Waals surface area contributed by atoms with Gasteiger partial charge in [-0.15, -0.1) is 0 Å². The Morgan fingerprint density at radius 3 is 2.95 bits per heavy atom. The van der Waals surface area contributed by atoms with Gasteiger partial charge in [-0.1, -0.05) is 6.07 Å². The van der Waals surface area contributed by atoms with Crippen molar-refractivity contribution in [1.29, 1.82) is 0 Å². The lowest BCUT2D eigenvalue weighted by molar-refractivity contribution is 0.252. The third-order valence-electron chi connectivity index (χ3n) is 3.00. The van der Waals surface area contributed by atoms with Crippen LogP contribution in [0.1, 0.15) is 6.92 Å². The van der Waals surface area contributed by atoms with Crippen LogP contribution in [0.4, 0.5) is 10.8 Å². The number of hydrogen-bond acceptors (Lipinski definition) is 4. The highest BCUT2D eigenvalue weighted by Gasteiger charge is 2.13. The standard InChI is InChI=1S/C15H13BrN4O2/c1-2-18-14(21)20-15-19-12-7-10(6-11(16)13(12)22-15)9-4-3-5-17-8-9/h3-8H,2H2,1H3,(H2,18,19,20,21). The number of fused-ring (bicyclic) bond motifs is 1. The molecule has 0 aliphatic carbocycles. The number of benzene rings is 1. The van der Waals surface area contributed by atoms with Crippen molar-refractivity contribution < 1.29 is 9.21 Å². The minimum absolute atomic E-state index is 0.157. The van der Waals surface area contributed by atoms with Crippen molar-refractivity contribution in [2.75, 3.05) is 11.9 Å². The second kappa shape index (κ2) is 6.15. The normalized spacial score (nSPS) is 10.6. The summed E-state index contributed by atoms with van der Waals surface area (Å²) in [5, 5.41) is 5.18. The van der Waals surface area contributed by atoms with Crippen LogP contribution < -0.4 is 10.6 Å². The van der Waals surface area contributed by atoms with Gasteiger partial charge in [-0.2, -0.15) is 4.98 Å². The van der Waals surface area contributed by atoms with Crippen molar-refractivity contribution in [3.05, 3.63) is 41.1 Å². The average Bonchev–Trinajstić information content (AvgIpc) is 2.91. The van der Waals surface area contributed by atoms with Gasteiger partial charge in [0.2, 0.25) is 0 Å². The molecule has 6 nitrogen and oxygen atoms in total. The van der Waals surface area contributed by atoms with Crippen molar-refractivity contribution in [1.82, 2.24) is 15.3 Å². The average molecular weight is 361 g/mol. The van der Waals surface area contributed by atoms with E-state index in [1.807, 2.05) is 31.2 Å². The van der Waals surface area contributed by atoms with Crippen LogP contribution >= 0.6 is 15.9 Å². The van der Waals surface area contributed by atoms with E-state index < -0.39 is 0 Å². The largest absolute Gasteiger partial charge is 0.422 e. The fourth-order valence-corrected chi connectivity index (χ4v) is 2.58. The van der Waals surface area contributed by atoms with Crippen molar-refractivity contribution in [2.45, 2.75) is 6.92 Å². The summed E-state index contributed by atoms with van der Waals surface area (Å²) in [5.41, 5.74) is 3.18. The summed E-state index contributed by atoms with van der Waals surface area (Å²) < 4.78 is 6.33. The molecule has 0 aliphatic heterocycles. The number of halogens is 1. The van der Waals surface area contributed by atoms with Crippen molar-refractivity contribution in [3.63, 3.8) is 0 Å². The molecule has 0 aliphatic rings. The molecule has 0 radical (unpaired) electrons. The lowest BCUT2D eigenvalue weighted by Gasteiger charge is -2.01. The zero-order valence-corrected chi connectivity index (χ0v) is 13.3. The van der Waals surface area contributed by atoms with Gasteiger partial charge in [-0.3, -0.25) is 10.3 Å². The van der Waals surface area contributed by atoms with Gasteiger partial charge < -0.3 is 9.73 Å². The van der Waals surface area contributed by atoms with Gasteiger partial charge in [0, 0.05) is 24.5 Å². The molecule has 0 fully saturated rings. The Balaban J connectivity index is 1.98. The van der Waals surface area contributed by atoms with Gasteiger partial charge >= 0.3 is 12.0 Å². The number of amides is 2. The number of pyridine rings is 1. The number of carbonyl (C=O) groups excluding carboxylic acids is 1. The lowest BCUT2D eigenvalue weighted by Crippen LogP contribution is -2.28. The summed E-state index contributed by atoms with van der Waals surface area (Å²) in [6.45, 7) is 2.36. The predicted octanol–water partition coefficient (Wildman–Crippen LogP) is 3.79. The molecular formula is C15H13BrN4O2. The van der Waals surface area contributed by atoms with Gasteiger partial charge in [0.25, 0.3) is 0 Å². The zero-order valence-electron chi connectivity index (χ0n) is 11.8. The maximum atomic E-state index is 11.5. The topological polar surface area (TPSA) is 80.0 Å². The van der Waals surface area contributed by atoms with E-state index in [9.17, 15) is 4.79 Å². The third kappa shape index (κ3) is 2.94. The molecule has 0 atom stereocenters. The molecule has 22 heavy (non-hydrogen) atoms. The number of anilines is 1. The molecule has 0 saturated heterocycles. The highest BCUT2D eigenvalue weighted by Crippen LogP contribution is 2.32. The molecule has 2 N–H and O–H groups in total. The third-order valence-corrected chi connectivity index (χ3v) is 3.59. The number of nitrogens with zero attached hydrogens (tertiary/aromatic N) is 2. The van der Waals surface area contributed by atoms with E-state index in [0.29, 0.717) is 17.6 Å². The molecule has 0 saturated carbocycles. The minimum Gasteiger partial charge on any atom is -0.422 e. The SMILES string of the molecule is CCNC(=O)Nc1nc2cc(-c3cccnc3)cc(Br)c2o1. The molecule has 2 amide bonds. The van der Waals surface area contributed by atoms with E-state index in [2.05, 4.69) is 36.5 Å². The number of aromatic nitrogens is 2. The maximum absolute atomic E-state index is 11.5. The second-order valence-corrected chi connectivity index (χ2v) is 5.41. The van der Waals surface area contributed by atoms with Crippen LogP contribution in [0.5, 0.6) is 0 Å². The highest BCUT2D eigenvalue weighted by molar-refractivity contribution is 9.10. The zero-order chi connectivity index (χ0) is 15.5. The molecule has 112 valence electrons. The van der Waals surface area contributed by atoms with Crippen molar-refractivity contribution >= 4 is 39.1 Å². The van der Waals surface area contributed by atoms with Crippen LogP contribution in [0.25, 0.3) is 22.2 Å². The van der Waals surface area contributed by atoms with Gasteiger partial charge in [0.1, 0.15) is 5.52 Å². The van der Waals surface area contributed by atoms with E-state index in [0.717, 1.165) is 15.6 Å². The summed E-state index contributed by atoms with van der Waals surface area (Å²) in [6.07, 6.45) is 3.50. The maximum Gasteiger partial charge on any atom is 0.322 e. The molecular weight excluding hydrogens is 348 g/mol. The summed E-state index contributed by atoms with van der Waals surface area (Å²) in [4.78, 5) is 19.9. The first-order valence-electron chi connectivity index (χ1n) is 6.72. The predicted molar refractivity (Wildman–Crippen MR) is 87.6 cm³/mol. The molecule has 7 heteroatoms. The first kappa shape index (κ1) is 14.5. The van der Waals surface area contributed by atoms with E-state index in [1.165, 1.54) is 0 Å². The Morgan fingerprint density at radius 2 is 2.23 bits per heavy atom. The number of urea groups is 1. The first-order chi connectivity index (χ1) is 10.7. The summed E-state index contributed by atoms with van der Waals surface area (Å²) in [5.74, 6) is 0. The van der Waals surface area contributed by atoms with Crippen molar-refractivity contribution in [2.24, 2.45) is 0 Å². The molecule has 3 rings (SSSR count). The van der Waals surface area contributed by atoms with Crippen LogP contribution in [0.3, 0.4) is 0 Å². The summed E-state index contributed by atoms with van der Waals surface area (Å²) >= 11 is 3.47. The monoisotopic (exact) mass is 360 g/mol. The summed E-state index contributed by atoms with van der Waals surface area (Å²) in [6, 6.07) is 7.47. The molecule has 2 heterocycles. The van der Waals surface area contributed by atoms with Crippen LogP contribution in [-0.2, 0) is 0 Å². The Kier molecular flexibility index (Phi) is 4.06. The van der Waals surface area contributed by atoms with E-state index in [4.69, 9.17) is 4.42 Å². The van der Waals surface area contributed by atoms with Gasteiger partial charge in [0.15, 0.2) is 5.58 Å². The second-order valence-electron chi connectivity index (χ2n) is 4.55. The molecule has 0 spiro atoms. The number of carbonyl (C=O) groups is 1. The Morgan fingerprint density at radius 1 is 1.36 bits per heavy atom. The highest BCUT2D eigenvalue weighted by atomic mass is 79.9. The number of hydrogen-bond donors (Lipinski definition) is 2. The Bertz CT molecular complexity index is 817. The van der Waals surface area contributed by atoms with Crippen LogP contribution in [0.15, 0.2) is 45.5 Å². The Hall–Kier alpha value is -2.41. The summed E-state index contributed by atoms with van der Waals surface area (Å²) in [7, 11) is 0. The van der Waals surface area contributed by atoms with Gasteiger partial charge in [0.05, 0.1) is 4.47 Å².